The molecule has 0 fully saturated rings. The molecule has 0 aromatic carbocycles. The Morgan fingerprint density at radius 2 is 2.33 bits per heavy atom. The number of nitro groups is 1. The molecule has 0 bridgehead atoms. The molecule has 0 amide bonds. The van der Waals surface area contributed by atoms with Crippen LogP contribution in [0.3, 0.4) is 0 Å². The quantitative estimate of drug-likeness (QED) is 0.415. The third-order valence-corrected chi connectivity index (χ3v) is 1.74. The molecule has 1 aromatic heterocycles. The molecule has 64 valence electrons. The maximum absolute atomic E-state index is 10.4. The molecule has 1 aromatic rings. The van der Waals surface area contributed by atoms with E-state index < -0.39 is 4.92 Å². The van der Waals surface area contributed by atoms with Crippen molar-refractivity contribution in [1.82, 2.24) is 4.57 Å². The summed E-state index contributed by atoms with van der Waals surface area (Å²) in [6.07, 6.45) is 0. The van der Waals surface area contributed by atoms with Gasteiger partial charge in [-0.3, -0.25) is 0 Å². The number of hydrogen-bond acceptors (Lipinski definition) is 3. The first kappa shape index (κ1) is 8.66. The molecular formula is C6H7N3O2S. The minimum absolute atomic E-state index is 0.0159. The molecule has 0 aliphatic rings. The molecule has 6 heteroatoms. The highest BCUT2D eigenvalue weighted by Gasteiger charge is 2.15. The van der Waals surface area contributed by atoms with Crippen molar-refractivity contribution in [2.24, 2.45) is 12.8 Å². The largest absolute Gasteiger partial charge is 0.386 e. The number of thiocarbonyl (C=S) groups is 1. The van der Waals surface area contributed by atoms with Gasteiger partial charge in [0.1, 0.15) is 4.99 Å². The molecule has 0 saturated carbocycles. The maximum Gasteiger partial charge on any atom is 0.323 e. The summed E-state index contributed by atoms with van der Waals surface area (Å²) < 4.78 is 1.35. The van der Waals surface area contributed by atoms with Crippen molar-refractivity contribution in [2.45, 2.75) is 0 Å². The van der Waals surface area contributed by atoms with E-state index in [4.69, 9.17) is 5.73 Å². The lowest BCUT2D eigenvalue weighted by Gasteiger charge is -1.97. The summed E-state index contributed by atoms with van der Waals surface area (Å²) in [5.41, 5.74) is 5.81. The van der Waals surface area contributed by atoms with E-state index in [1.807, 2.05) is 0 Å². The van der Waals surface area contributed by atoms with Crippen molar-refractivity contribution in [3.63, 3.8) is 0 Å². The number of aromatic nitrogens is 1. The minimum atomic E-state index is -0.484. The van der Waals surface area contributed by atoms with Crippen LogP contribution in [0.15, 0.2) is 12.1 Å². The number of hydrogen-bond donors (Lipinski definition) is 1. The fourth-order valence-electron chi connectivity index (χ4n) is 0.931. The molecule has 1 rings (SSSR count). The lowest BCUT2D eigenvalue weighted by molar-refractivity contribution is -0.391. The van der Waals surface area contributed by atoms with Crippen LogP contribution in [0.2, 0.25) is 0 Å². The molecule has 5 nitrogen and oxygen atoms in total. The molecule has 12 heavy (non-hydrogen) atoms. The van der Waals surface area contributed by atoms with Gasteiger partial charge in [0.15, 0.2) is 5.69 Å². The summed E-state index contributed by atoms with van der Waals surface area (Å²) in [7, 11) is 1.55. The molecule has 1 heterocycles. The predicted octanol–water partition coefficient (Wildman–Crippen LogP) is 0.568. The molecule has 0 unspecified atom stereocenters. The first-order valence-corrected chi connectivity index (χ1v) is 3.54. The SMILES string of the molecule is Cn1c(C(N)=S)ccc1[N+](=O)[O-]. The Hall–Kier alpha value is -1.43. The van der Waals surface area contributed by atoms with Gasteiger partial charge in [0.2, 0.25) is 0 Å². The van der Waals surface area contributed by atoms with Gasteiger partial charge in [-0.1, -0.05) is 12.2 Å². The molecule has 0 aliphatic carbocycles. The van der Waals surface area contributed by atoms with Gasteiger partial charge in [0.05, 0.1) is 7.05 Å². The van der Waals surface area contributed by atoms with Crippen LogP contribution in [-0.2, 0) is 7.05 Å². The predicted molar refractivity (Wildman–Crippen MR) is 48.0 cm³/mol. The summed E-state index contributed by atoms with van der Waals surface area (Å²) in [5, 5.41) is 10.4. The van der Waals surface area contributed by atoms with Crippen molar-refractivity contribution in [1.29, 1.82) is 0 Å². The van der Waals surface area contributed by atoms with Crippen molar-refractivity contribution < 1.29 is 4.92 Å². The number of nitrogens with zero attached hydrogens (tertiary/aromatic N) is 2. The molecule has 0 aliphatic heterocycles. The summed E-state index contributed by atoms with van der Waals surface area (Å²) in [5.74, 6) is -0.0159. The Morgan fingerprint density at radius 3 is 2.58 bits per heavy atom. The Kier molecular flexibility index (Phi) is 2.09. The fraction of sp³-hybridized carbons (Fsp3) is 0.167. The van der Waals surface area contributed by atoms with Crippen molar-refractivity contribution in [3.8, 4) is 0 Å². The Morgan fingerprint density at radius 1 is 1.75 bits per heavy atom. The second kappa shape index (κ2) is 2.90. The van der Waals surface area contributed by atoms with Gasteiger partial charge >= 0.3 is 5.82 Å². The van der Waals surface area contributed by atoms with Crippen LogP contribution in [0.4, 0.5) is 5.82 Å². The normalized spacial score (nSPS) is 9.75. The highest BCUT2D eigenvalue weighted by Crippen LogP contribution is 2.14. The number of nitrogens with two attached hydrogens (primary N) is 1. The third kappa shape index (κ3) is 1.28. The van der Waals surface area contributed by atoms with E-state index in [0.29, 0.717) is 5.69 Å². The molecule has 0 atom stereocenters. The van der Waals surface area contributed by atoms with E-state index in [1.54, 1.807) is 7.05 Å². The van der Waals surface area contributed by atoms with Gasteiger partial charge in [0, 0.05) is 6.07 Å². The molecule has 2 N–H and O–H groups in total. The van der Waals surface area contributed by atoms with Crippen molar-refractivity contribution in [2.75, 3.05) is 0 Å². The maximum atomic E-state index is 10.4. The van der Waals surface area contributed by atoms with Gasteiger partial charge in [-0.15, -0.1) is 0 Å². The zero-order valence-corrected chi connectivity index (χ0v) is 7.17. The second-order valence-electron chi connectivity index (χ2n) is 2.26. The van der Waals surface area contributed by atoms with Gasteiger partial charge in [0.25, 0.3) is 0 Å². The van der Waals surface area contributed by atoms with Crippen LogP contribution in [0, 0.1) is 10.1 Å². The van der Waals surface area contributed by atoms with Crippen molar-refractivity contribution in [3.05, 3.63) is 27.9 Å². The van der Waals surface area contributed by atoms with Crippen LogP contribution < -0.4 is 5.73 Å². The summed E-state index contributed by atoms with van der Waals surface area (Å²) in [6.45, 7) is 0. The van der Waals surface area contributed by atoms with E-state index in [-0.39, 0.29) is 10.8 Å². The number of rotatable bonds is 2. The summed E-state index contributed by atoms with van der Waals surface area (Å²) in [6, 6.07) is 2.90. The Labute approximate surface area is 73.9 Å². The highest BCUT2D eigenvalue weighted by molar-refractivity contribution is 7.80. The molecular weight excluding hydrogens is 178 g/mol. The van der Waals surface area contributed by atoms with E-state index in [2.05, 4.69) is 12.2 Å². The fourth-order valence-corrected chi connectivity index (χ4v) is 1.14. The van der Waals surface area contributed by atoms with Gasteiger partial charge in [-0.05, 0) is 11.0 Å². The average Bonchev–Trinajstić information content (AvgIpc) is 2.30. The van der Waals surface area contributed by atoms with Crippen molar-refractivity contribution >= 4 is 23.0 Å². The van der Waals surface area contributed by atoms with Crippen LogP contribution in [0.5, 0.6) is 0 Å². The zero-order chi connectivity index (χ0) is 9.30. The molecule has 0 radical (unpaired) electrons. The van der Waals surface area contributed by atoms with Crippen LogP contribution in [-0.4, -0.2) is 14.5 Å². The lowest BCUT2D eigenvalue weighted by Crippen LogP contribution is -2.14. The monoisotopic (exact) mass is 185 g/mol. The van der Waals surface area contributed by atoms with Crippen LogP contribution >= 0.6 is 12.2 Å². The first-order chi connectivity index (χ1) is 5.54. The second-order valence-corrected chi connectivity index (χ2v) is 2.70. The minimum Gasteiger partial charge on any atom is -0.386 e. The highest BCUT2D eigenvalue weighted by atomic mass is 32.1. The van der Waals surface area contributed by atoms with Crippen LogP contribution in [0.25, 0.3) is 0 Å². The average molecular weight is 185 g/mol. The first-order valence-electron chi connectivity index (χ1n) is 3.14. The third-order valence-electron chi connectivity index (χ3n) is 1.53. The van der Waals surface area contributed by atoms with Gasteiger partial charge in [-0.2, -0.15) is 0 Å². The van der Waals surface area contributed by atoms with E-state index in [1.165, 1.54) is 16.7 Å². The Balaban J connectivity index is 3.22. The molecule has 0 spiro atoms. The standard InChI is InChI=1S/C6H7N3O2S/c1-8-4(6(7)12)2-3-5(8)9(10)11/h2-3H,1H3,(H2,7,12). The van der Waals surface area contributed by atoms with Gasteiger partial charge < -0.3 is 15.8 Å². The van der Waals surface area contributed by atoms with Crippen LogP contribution in [0.1, 0.15) is 5.69 Å². The Bertz CT molecular complexity index is 313. The summed E-state index contributed by atoms with van der Waals surface area (Å²) >= 11 is 4.68. The topological polar surface area (TPSA) is 74.1 Å². The zero-order valence-electron chi connectivity index (χ0n) is 6.35. The van der Waals surface area contributed by atoms with E-state index >= 15 is 0 Å². The molecule has 0 saturated heterocycles. The lowest BCUT2D eigenvalue weighted by atomic mass is 10.4. The summed E-state index contributed by atoms with van der Waals surface area (Å²) in [4.78, 5) is 10.0. The smallest absolute Gasteiger partial charge is 0.323 e. The van der Waals surface area contributed by atoms with Gasteiger partial charge in [-0.25, -0.2) is 4.57 Å². The van der Waals surface area contributed by atoms with E-state index in [0.717, 1.165) is 0 Å². The van der Waals surface area contributed by atoms with E-state index in [9.17, 15) is 10.1 Å².